The van der Waals surface area contributed by atoms with Crippen molar-refractivity contribution >= 4 is 23.4 Å². The molecule has 0 aromatic heterocycles. The van der Waals surface area contributed by atoms with Crippen LogP contribution in [0.5, 0.6) is 0 Å². The molecular weight excluding hydrogens is 349 g/mol. The number of carbonyl (C=O) groups is 3. The molecule has 27 heavy (non-hydrogen) atoms. The second-order valence-corrected chi connectivity index (χ2v) is 6.58. The van der Waals surface area contributed by atoms with E-state index in [9.17, 15) is 18.8 Å². The normalized spacial score (nSPS) is 16.3. The van der Waals surface area contributed by atoms with E-state index in [0.29, 0.717) is 5.56 Å². The molecule has 0 unspecified atom stereocenters. The highest BCUT2D eigenvalue weighted by Crippen LogP contribution is 2.25. The highest BCUT2D eigenvalue weighted by atomic mass is 19.1. The molecule has 0 aliphatic carbocycles. The third-order valence-corrected chi connectivity index (χ3v) is 4.44. The number of hydrogen-bond acceptors (Lipinski definition) is 3. The van der Waals surface area contributed by atoms with Crippen molar-refractivity contribution in [2.24, 2.45) is 5.92 Å². The van der Waals surface area contributed by atoms with Crippen molar-refractivity contribution in [3.63, 3.8) is 0 Å². The summed E-state index contributed by atoms with van der Waals surface area (Å²) in [6.45, 7) is 2.22. The van der Waals surface area contributed by atoms with Crippen molar-refractivity contribution < 1.29 is 18.8 Å². The van der Waals surface area contributed by atoms with Gasteiger partial charge in [-0.1, -0.05) is 29.8 Å². The lowest BCUT2D eigenvalue weighted by molar-refractivity contribution is -0.131. The number of amides is 3. The number of rotatable bonds is 4. The number of benzene rings is 2. The SMILES string of the molecule is Cc1ccc(N2C[C@@H](C(=O)NNC(=O)Cc3ccc(F)cc3)CC2=O)cc1. The predicted molar refractivity (Wildman–Crippen MR) is 98.0 cm³/mol. The maximum Gasteiger partial charge on any atom is 0.243 e. The van der Waals surface area contributed by atoms with Crippen LogP contribution >= 0.6 is 0 Å². The fourth-order valence-electron chi connectivity index (χ4n) is 2.92. The van der Waals surface area contributed by atoms with Crippen molar-refractivity contribution in [2.75, 3.05) is 11.4 Å². The van der Waals surface area contributed by atoms with Gasteiger partial charge in [0.25, 0.3) is 0 Å². The second kappa shape index (κ2) is 7.99. The first-order valence-electron chi connectivity index (χ1n) is 8.62. The van der Waals surface area contributed by atoms with Crippen molar-refractivity contribution in [1.29, 1.82) is 0 Å². The summed E-state index contributed by atoms with van der Waals surface area (Å²) < 4.78 is 12.9. The summed E-state index contributed by atoms with van der Waals surface area (Å²) in [6, 6.07) is 13.1. The van der Waals surface area contributed by atoms with E-state index in [1.54, 1.807) is 4.90 Å². The quantitative estimate of drug-likeness (QED) is 0.808. The van der Waals surface area contributed by atoms with Crippen LogP contribution in [-0.4, -0.2) is 24.3 Å². The lowest BCUT2D eigenvalue weighted by atomic mass is 10.1. The lowest BCUT2D eigenvalue weighted by Crippen LogP contribution is -2.45. The van der Waals surface area contributed by atoms with Gasteiger partial charge >= 0.3 is 0 Å². The summed E-state index contributed by atoms with van der Waals surface area (Å²) in [5, 5.41) is 0. The minimum atomic E-state index is -0.537. The van der Waals surface area contributed by atoms with Gasteiger partial charge in [-0.2, -0.15) is 0 Å². The third kappa shape index (κ3) is 4.69. The Morgan fingerprint density at radius 1 is 1.07 bits per heavy atom. The molecular formula is C20H20FN3O3. The molecule has 2 N–H and O–H groups in total. The highest BCUT2D eigenvalue weighted by Gasteiger charge is 2.35. The van der Waals surface area contributed by atoms with Crippen molar-refractivity contribution in [3.05, 3.63) is 65.5 Å². The molecule has 0 saturated carbocycles. The number of aryl methyl sites for hydroxylation is 1. The molecule has 1 aliphatic heterocycles. The van der Waals surface area contributed by atoms with Gasteiger partial charge in [0.15, 0.2) is 0 Å². The fourth-order valence-corrected chi connectivity index (χ4v) is 2.92. The molecule has 1 heterocycles. The molecule has 1 atom stereocenters. The molecule has 140 valence electrons. The van der Waals surface area contributed by atoms with Crippen LogP contribution in [0.1, 0.15) is 17.5 Å². The molecule has 7 heteroatoms. The van der Waals surface area contributed by atoms with Crippen LogP contribution in [0.4, 0.5) is 10.1 Å². The van der Waals surface area contributed by atoms with E-state index in [1.807, 2.05) is 31.2 Å². The monoisotopic (exact) mass is 369 g/mol. The number of hydrazine groups is 1. The minimum Gasteiger partial charge on any atom is -0.312 e. The molecule has 3 rings (SSSR count). The van der Waals surface area contributed by atoms with E-state index >= 15 is 0 Å². The Hall–Kier alpha value is -3.22. The van der Waals surface area contributed by atoms with Crippen molar-refractivity contribution in [1.82, 2.24) is 10.9 Å². The van der Waals surface area contributed by atoms with Crippen LogP contribution in [0, 0.1) is 18.7 Å². The molecule has 0 bridgehead atoms. The number of nitrogens with one attached hydrogen (secondary N) is 2. The van der Waals surface area contributed by atoms with E-state index in [2.05, 4.69) is 10.9 Å². The van der Waals surface area contributed by atoms with E-state index in [0.717, 1.165) is 11.3 Å². The maximum absolute atomic E-state index is 12.9. The summed E-state index contributed by atoms with van der Waals surface area (Å²) in [5.41, 5.74) is 7.17. The summed E-state index contributed by atoms with van der Waals surface area (Å²) >= 11 is 0. The molecule has 1 aliphatic rings. The first kappa shape index (κ1) is 18.6. The van der Waals surface area contributed by atoms with Gasteiger partial charge in [-0.05, 0) is 36.8 Å². The second-order valence-electron chi connectivity index (χ2n) is 6.58. The topological polar surface area (TPSA) is 78.5 Å². The van der Waals surface area contributed by atoms with Crippen LogP contribution < -0.4 is 15.8 Å². The molecule has 1 fully saturated rings. The van der Waals surface area contributed by atoms with Crippen molar-refractivity contribution in [2.45, 2.75) is 19.8 Å². The van der Waals surface area contributed by atoms with Gasteiger partial charge in [0.2, 0.25) is 17.7 Å². The first-order chi connectivity index (χ1) is 12.9. The molecule has 1 saturated heterocycles. The smallest absolute Gasteiger partial charge is 0.243 e. The average Bonchev–Trinajstić information content (AvgIpc) is 3.04. The van der Waals surface area contributed by atoms with E-state index in [1.165, 1.54) is 24.3 Å². The average molecular weight is 369 g/mol. The molecule has 0 spiro atoms. The molecule has 6 nitrogen and oxygen atoms in total. The standard InChI is InChI=1S/C20H20FN3O3/c1-13-2-8-17(9-3-13)24-12-15(11-19(24)26)20(27)23-22-18(25)10-14-4-6-16(21)7-5-14/h2-9,15H,10-12H2,1H3,(H,22,25)(H,23,27)/t15-/m0/s1. The zero-order chi connectivity index (χ0) is 19.4. The number of anilines is 1. The van der Waals surface area contributed by atoms with Gasteiger partial charge in [-0.25, -0.2) is 4.39 Å². The Morgan fingerprint density at radius 3 is 2.41 bits per heavy atom. The number of halogens is 1. The van der Waals surface area contributed by atoms with Crippen LogP contribution in [0.15, 0.2) is 48.5 Å². The van der Waals surface area contributed by atoms with Gasteiger partial charge in [0.1, 0.15) is 5.82 Å². The van der Waals surface area contributed by atoms with E-state index < -0.39 is 17.7 Å². The van der Waals surface area contributed by atoms with Crippen LogP contribution in [0.3, 0.4) is 0 Å². The molecule has 3 amide bonds. The van der Waals surface area contributed by atoms with Gasteiger partial charge in [0.05, 0.1) is 12.3 Å². The van der Waals surface area contributed by atoms with E-state index in [4.69, 9.17) is 0 Å². The van der Waals surface area contributed by atoms with Crippen LogP contribution in [-0.2, 0) is 20.8 Å². The zero-order valence-electron chi connectivity index (χ0n) is 14.9. The Morgan fingerprint density at radius 2 is 1.74 bits per heavy atom. The Kier molecular flexibility index (Phi) is 5.49. The van der Waals surface area contributed by atoms with Crippen molar-refractivity contribution in [3.8, 4) is 0 Å². The lowest BCUT2D eigenvalue weighted by Gasteiger charge is -2.17. The van der Waals surface area contributed by atoms with Crippen LogP contribution in [0.2, 0.25) is 0 Å². The fraction of sp³-hybridized carbons (Fsp3) is 0.250. The largest absolute Gasteiger partial charge is 0.312 e. The Labute approximate surface area is 156 Å². The van der Waals surface area contributed by atoms with Gasteiger partial charge in [-0.3, -0.25) is 25.2 Å². The number of carbonyl (C=O) groups excluding carboxylic acids is 3. The third-order valence-electron chi connectivity index (χ3n) is 4.44. The zero-order valence-corrected chi connectivity index (χ0v) is 14.9. The molecule has 2 aromatic carbocycles. The van der Waals surface area contributed by atoms with Crippen LogP contribution in [0.25, 0.3) is 0 Å². The van der Waals surface area contributed by atoms with Gasteiger partial charge in [-0.15, -0.1) is 0 Å². The number of nitrogens with zero attached hydrogens (tertiary/aromatic N) is 1. The maximum atomic E-state index is 12.9. The summed E-state index contributed by atoms with van der Waals surface area (Å²) in [4.78, 5) is 38.0. The van der Waals surface area contributed by atoms with E-state index in [-0.39, 0.29) is 31.1 Å². The molecule has 2 aromatic rings. The number of hydrogen-bond donors (Lipinski definition) is 2. The summed E-state index contributed by atoms with van der Waals surface area (Å²) in [7, 11) is 0. The highest BCUT2D eigenvalue weighted by molar-refractivity contribution is 6.00. The Balaban J connectivity index is 1.51. The summed E-state index contributed by atoms with van der Waals surface area (Å²) in [6.07, 6.45) is 0.104. The minimum absolute atomic E-state index is 0.0135. The van der Waals surface area contributed by atoms with Gasteiger partial charge in [0, 0.05) is 18.7 Å². The summed E-state index contributed by atoms with van der Waals surface area (Å²) in [5.74, 6) is -1.88. The Bertz CT molecular complexity index is 850. The molecule has 0 radical (unpaired) electrons. The van der Waals surface area contributed by atoms with Gasteiger partial charge < -0.3 is 4.90 Å². The predicted octanol–water partition coefficient (Wildman–Crippen LogP) is 1.88. The first-order valence-corrected chi connectivity index (χ1v) is 8.62.